The van der Waals surface area contributed by atoms with Gasteiger partial charge in [0.1, 0.15) is 0 Å². The smallest absolute Gasteiger partial charge is 0.346 e. The van der Waals surface area contributed by atoms with Gasteiger partial charge in [-0.1, -0.05) is 0 Å². The molecule has 2 aromatic rings. The predicted molar refractivity (Wildman–Crippen MR) is 73.7 cm³/mol. The van der Waals surface area contributed by atoms with Crippen LogP contribution in [0.3, 0.4) is 0 Å². The standard InChI is InChI=1S/C16H10O5/c1-7(17)9-3-5-11-14-12(16(20)21-15(11)19)6-4-10(8(2)18)13(9)14/h3-6H,1-2H3. The summed E-state index contributed by atoms with van der Waals surface area (Å²) in [5.74, 6) is -2.03. The Labute approximate surface area is 119 Å². The lowest BCUT2D eigenvalue weighted by molar-refractivity contribution is 0.0390. The van der Waals surface area contributed by atoms with E-state index in [9.17, 15) is 19.2 Å². The maximum Gasteiger partial charge on any atom is 0.346 e. The van der Waals surface area contributed by atoms with Gasteiger partial charge in [0.15, 0.2) is 11.6 Å². The van der Waals surface area contributed by atoms with Crippen molar-refractivity contribution < 1.29 is 23.9 Å². The number of benzene rings is 2. The summed E-state index contributed by atoms with van der Waals surface area (Å²) >= 11 is 0. The van der Waals surface area contributed by atoms with Crippen LogP contribution in [0.25, 0.3) is 10.8 Å². The van der Waals surface area contributed by atoms with E-state index in [1.165, 1.54) is 38.1 Å². The van der Waals surface area contributed by atoms with Crippen LogP contribution in [0.15, 0.2) is 24.3 Å². The van der Waals surface area contributed by atoms with Crippen LogP contribution in [0.1, 0.15) is 55.3 Å². The molecule has 104 valence electrons. The van der Waals surface area contributed by atoms with Crippen LogP contribution in [0.2, 0.25) is 0 Å². The molecule has 0 aliphatic carbocycles. The van der Waals surface area contributed by atoms with Gasteiger partial charge in [-0.2, -0.15) is 0 Å². The van der Waals surface area contributed by atoms with Gasteiger partial charge in [-0.25, -0.2) is 9.59 Å². The monoisotopic (exact) mass is 282 g/mol. The van der Waals surface area contributed by atoms with Gasteiger partial charge in [0.2, 0.25) is 0 Å². The molecule has 0 aromatic heterocycles. The third kappa shape index (κ3) is 1.78. The third-order valence-electron chi connectivity index (χ3n) is 3.54. The molecule has 5 nitrogen and oxygen atoms in total. The molecule has 2 aromatic carbocycles. The molecule has 0 N–H and O–H groups in total. The third-order valence-corrected chi connectivity index (χ3v) is 3.54. The summed E-state index contributed by atoms with van der Waals surface area (Å²) in [6.07, 6.45) is 0. The van der Waals surface area contributed by atoms with E-state index in [1.807, 2.05) is 0 Å². The van der Waals surface area contributed by atoms with Gasteiger partial charge in [0.05, 0.1) is 11.1 Å². The average molecular weight is 282 g/mol. The molecule has 0 bridgehead atoms. The van der Waals surface area contributed by atoms with Crippen molar-refractivity contribution in [2.45, 2.75) is 13.8 Å². The minimum Gasteiger partial charge on any atom is -0.386 e. The highest BCUT2D eigenvalue weighted by Gasteiger charge is 2.30. The first-order chi connectivity index (χ1) is 9.91. The number of ether oxygens (including phenoxy) is 1. The summed E-state index contributed by atoms with van der Waals surface area (Å²) in [7, 11) is 0. The minimum absolute atomic E-state index is 0.188. The SMILES string of the molecule is CC(=O)c1ccc2c3c(ccc(C(C)=O)c13)C(=O)OC2=O. The molecule has 1 heterocycles. The molecule has 5 heteroatoms. The van der Waals surface area contributed by atoms with E-state index < -0.39 is 11.9 Å². The molecule has 0 amide bonds. The largest absolute Gasteiger partial charge is 0.386 e. The summed E-state index contributed by atoms with van der Waals surface area (Å²) in [6.45, 7) is 2.74. The maximum absolute atomic E-state index is 11.8. The highest BCUT2D eigenvalue weighted by atomic mass is 16.6. The summed E-state index contributed by atoms with van der Waals surface area (Å²) in [4.78, 5) is 47.3. The molecule has 0 unspecified atom stereocenters. The molecular formula is C16H10O5. The summed E-state index contributed by atoms with van der Waals surface area (Å²) in [5.41, 5.74) is 0.993. The second kappa shape index (κ2) is 4.34. The quantitative estimate of drug-likeness (QED) is 0.480. The first-order valence-electron chi connectivity index (χ1n) is 6.30. The van der Waals surface area contributed by atoms with Crippen molar-refractivity contribution in [3.8, 4) is 0 Å². The van der Waals surface area contributed by atoms with Crippen molar-refractivity contribution in [2.24, 2.45) is 0 Å². The molecule has 3 rings (SSSR count). The summed E-state index contributed by atoms with van der Waals surface area (Å²) in [5, 5.41) is 0.659. The summed E-state index contributed by atoms with van der Waals surface area (Å²) in [6, 6.07) is 5.85. The van der Waals surface area contributed by atoms with Crippen molar-refractivity contribution in [1.29, 1.82) is 0 Å². The van der Waals surface area contributed by atoms with Gasteiger partial charge in [-0.15, -0.1) is 0 Å². The second-order valence-corrected chi connectivity index (χ2v) is 4.86. The number of rotatable bonds is 2. The number of carbonyl (C=O) groups is 4. The number of Topliss-reactive ketones (excluding diaryl/α,β-unsaturated/α-hetero) is 2. The number of hydrogen-bond donors (Lipinski definition) is 0. The van der Waals surface area contributed by atoms with E-state index in [0.29, 0.717) is 21.9 Å². The average Bonchev–Trinajstić information content (AvgIpc) is 2.43. The van der Waals surface area contributed by atoms with Crippen molar-refractivity contribution >= 4 is 34.3 Å². The van der Waals surface area contributed by atoms with E-state index >= 15 is 0 Å². The van der Waals surface area contributed by atoms with Gasteiger partial charge in [-0.3, -0.25) is 9.59 Å². The Balaban J connectivity index is 2.60. The normalized spacial score (nSPS) is 13.2. The lowest BCUT2D eigenvalue weighted by Crippen LogP contribution is -2.21. The van der Waals surface area contributed by atoms with Crippen LogP contribution >= 0.6 is 0 Å². The fraction of sp³-hybridized carbons (Fsp3) is 0.125. The first kappa shape index (κ1) is 13.2. The predicted octanol–water partition coefficient (Wildman–Crippen LogP) is 2.56. The van der Waals surface area contributed by atoms with Crippen molar-refractivity contribution in [1.82, 2.24) is 0 Å². The Hall–Kier alpha value is -2.82. The van der Waals surface area contributed by atoms with Crippen LogP contribution in [-0.2, 0) is 4.74 Å². The second-order valence-electron chi connectivity index (χ2n) is 4.86. The first-order valence-corrected chi connectivity index (χ1v) is 6.30. The van der Waals surface area contributed by atoms with Crippen molar-refractivity contribution in [2.75, 3.05) is 0 Å². The van der Waals surface area contributed by atoms with Crippen LogP contribution in [0, 0.1) is 0 Å². The molecule has 0 radical (unpaired) electrons. The van der Waals surface area contributed by atoms with Gasteiger partial charge < -0.3 is 4.74 Å². The topological polar surface area (TPSA) is 77.5 Å². The number of cyclic esters (lactones) is 2. The molecule has 0 saturated heterocycles. The number of ketones is 2. The Morgan fingerprint density at radius 3 is 1.57 bits per heavy atom. The van der Waals surface area contributed by atoms with E-state index in [2.05, 4.69) is 4.74 Å². The Morgan fingerprint density at radius 1 is 0.762 bits per heavy atom. The highest BCUT2D eigenvalue weighted by Crippen LogP contribution is 2.33. The Kier molecular flexibility index (Phi) is 2.73. The summed E-state index contributed by atoms with van der Waals surface area (Å²) < 4.78 is 4.66. The zero-order chi connectivity index (χ0) is 15.3. The molecule has 0 atom stereocenters. The molecular weight excluding hydrogens is 272 g/mol. The maximum atomic E-state index is 11.8. The number of carbonyl (C=O) groups excluding carboxylic acids is 4. The molecule has 0 spiro atoms. The number of hydrogen-bond acceptors (Lipinski definition) is 5. The molecule has 1 aliphatic heterocycles. The fourth-order valence-corrected chi connectivity index (χ4v) is 2.62. The van der Waals surface area contributed by atoms with E-state index in [4.69, 9.17) is 0 Å². The van der Waals surface area contributed by atoms with Gasteiger partial charge in [0, 0.05) is 21.9 Å². The van der Waals surface area contributed by atoms with Crippen LogP contribution in [0.4, 0.5) is 0 Å². The van der Waals surface area contributed by atoms with E-state index in [1.54, 1.807) is 0 Å². The van der Waals surface area contributed by atoms with Crippen LogP contribution in [0.5, 0.6) is 0 Å². The molecule has 0 fully saturated rings. The van der Waals surface area contributed by atoms with Gasteiger partial charge in [0.25, 0.3) is 0 Å². The Morgan fingerprint density at radius 2 is 1.19 bits per heavy atom. The van der Waals surface area contributed by atoms with E-state index in [-0.39, 0.29) is 22.7 Å². The van der Waals surface area contributed by atoms with Crippen molar-refractivity contribution in [3.05, 3.63) is 46.5 Å². The highest BCUT2D eigenvalue weighted by molar-refractivity contribution is 6.27. The fourth-order valence-electron chi connectivity index (χ4n) is 2.62. The zero-order valence-corrected chi connectivity index (χ0v) is 11.4. The van der Waals surface area contributed by atoms with Crippen molar-refractivity contribution in [3.63, 3.8) is 0 Å². The number of esters is 2. The van der Waals surface area contributed by atoms with Gasteiger partial charge >= 0.3 is 11.9 Å². The lowest BCUT2D eigenvalue weighted by atomic mass is 9.88. The molecule has 21 heavy (non-hydrogen) atoms. The Bertz CT molecular complexity index is 794. The minimum atomic E-state index is -0.770. The van der Waals surface area contributed by atoms with Gasteiger partial charge in [-0.05, 0) is 38.1 Å². The zero-order valence-electron chi connectivity index (χ0n) is 11.4. The lowest BCUT2D eigenvalue weighted by Gasteiger charge is -2.18. The molecule has 1 aliphatic rings. The van der Waals surface area contributed by atoms with E-state index in [0.717, 1.165) is 0 Å². The van der Waals surface area contributed by atoms with Crippen LogP contribution < -0.4 is 0 Å². The molecule has 0 saturated carbocycles. The van der Waals surface area contributed by atoms with Crippen LogP contribution in [-0.4, -0.2) is 23.5 Å².